The van der Waals surface area contributed by atoms with E-state index in [1.165, 1.54) is 12.2 Å². The van der Waals surface area contributed by atoms with Gasteiger partial charge in [0.2, 0.25) is 0 Å². The summed E-state index contributed by atoms with van der Waals surface area (Å²) in [5, 5.41) is 4.73. The zero-order valence-corrected chi connectivity index (χ0v) is 22.3. The molecule has 186 valence electrons. The maximum atomic E-state index is 12.5. The van der Waals surface area contributed by atoms with Crippen molar-refractivity contribution < 1.29 is 23.5 Å². The first-order valence-electron chi connectivity index (χ1n) is 11.5. The van der Waals surface area contributed by atoms with E-state index in [1.54, 1.807) is 20.8 Å². The van der Waals surface area contributed by atoms with Gasteiger partial charge in [0.1, 0.15) is 5.60 Å². The monoisotopic (exact) mass is 493 g/mol. The van der Waals surface area contributed by atoms with E-state index in [9.17, 15) is 9.59 Å². The third-order valence-electron chi connectivity index (χ3n) is 5.28. The number of amides is 1. The van der Waals surface area contributed by atoms with Gasteiger partial charge in [-0.1, -0.05) is 87.5 Å². The third kappa shape index (κ3) is 7.85. The number of rotatable bonds is 9. The van der Waals surface area contributed by atoms with Crippen molar-refractivity contribution in [1.82, 2.24) is 5.32 Å². The summed E-state index contributed by atoms with van der Waals surface area (Å²) in [4.78, 5) is 27.2. The SMILES string of the molecule is CC(C)(C)OC(=O)NC(/C=C\C(=O)C=[N+]=[N-])CO[Si](c1ccccc1)(c1ccccc1)C(C)(C)C. The molecule has 0 aliphatic heterocycles. The summed E-state index contributed by atoms with van der Waals surface area (Å²) in [5.41, 5.74) is 7.95. The minimum atomic E-state index is -2.86. The Kier molecular flexibility index (Phi) is 9.48. The third-order valence-corrected chi connectivity index (χ3v) is 10.3. The highest BCUT2D eigenvalue weighted by molar-refractivity contribution is 6.99. The van der Waals surface area contributed by atoms with Crippen LogP contribution in [0.5, 0.6) is 0 Å². The van der Waals surface area contributed by atoms with Crippen molar-refractivity contribution in [2.24, 2.45) is 0 Å². The van der Waals surface area contributed by atoms with Gasteiger partial charge in [0, 0.05) is 0 Å². The molecule has 0 aliphatic carbocycles. The van der Waals surface area contributed by atoms with Crippen LogP contribution in [-0.4, -0.2) is 49.4 Å². The Morgan fingerprint density at radius 2 is 1.49 bits per heavy atom. The van der Waals surface area contributed by atoms with Gasteiger partial charge in [0.15, 0.2) is 0 Å². The van der Waals surface area contributed by atoms with E-state index in [1.807, 2.05) is 36.4 Å². The van der Waals surface area contributed by atoms with Crippen molar-refractivity contribution in [3.8, 4) is 0 Å². The Hall–Kier alpha value is -3.32. The average molecular weight is 494 g/mol. The van der Waals surface area contributed by atoms with Crippen LogP contribution in [0.2, 0.25) is 5.04 Å². The Morgan fingerprint density at radius 3 is 1.91 bits per heavy atom. The van der Waals surface area contributed by atoms with Crippen molar-refractivity contribution in [3.05, 3.63) is 78.3 Å². The quantitative estimate of drug-likeness (QED) is 0.188. The van der Waals surface area contributed by atoms with E-state index in [0.717, 1.165) is 16.6 Å². The van der Waals surface area contributed by atoms with Crippen LogP contribution in [0.3, 0.4) is 0 Å². The molecule has 8 heteroatoms. The van der Waals surface area contributed by atoms with Crippen LogP contribution in [0.1, 0.15) is 41.5 Å². The summed E-state index contributed by atoms with van der Waals surface area (Å²) in [5.74, 6) is -0.520. The maximum Gasteiger partial charge on any atom is 0.408 e. The normalized spacial score (nSPS) is 13.1. The van der Waals surface area contributed by atoms with Crippen LogP contribution in [0, 0.1) is 0 Å². The molecule has 2 aromatic carbocycles. The minimum absolute atomic E-state index is 0.104. The van der Waals surface area contributed by atoms with Crippen molar-refractivity contribution in [2.75, 3.05) is 6.61 Å². The number of ether oxygens (including phenoxy) is 1. The summed E-state index contributed by atoms with van der Waals surface area (Å²) in [6.07, 6.45) is 2.91. The molecule has 0 radical (unpaired) electrons. The lowest BCUT2D eigenvalue weighted by Gasteiger charge is -2.43. The molecule has 0 bridgehead atoms. The minimum Gasteiger partial charge on any atom is -0.444 e. The molecule has 1 unspecified atom stereocenters. The van der Waals surface area contributed by atoms with Crippen LogP contribution in [-0.2, 0) is 14.0 Å². The fourth-order valence-corrected chi connectivity index (χ4v) is 8.48. The summed E-state index contributed by atoms with van der Waals surface area (Å²) < 4.78 is 12.3. The largest absolute Gasteiger partial charge is 0.444 e. The van der Waals surface area contributed by atoms with E-state index in [2.05, 4.69) is 55.1 Å². The van der Waals surface area contributed by atoms with E-state index >= 15 is 0 Å². The van der Waals surface area contributed by atoms with Gasteiger partial charge in [-0.05, 0) is 42.3 Å². The second kappa shape index (κ2) is 11.9. The maximum absolute atomic E-state index is 12.5. The van der Waals surface area contributed by atoms with Gasteiger partial charge >= 0.3 is 12.3 Å². The zero-order chi connectivity index (χ0) is 26.1. The second-order valence-electron chi connectivity index (χ2n) is 10.2. The average Bonchev–Trinajstić information content (AvgIpc) is 2.77. The van der Waals surface area contributed by atoms with Crippen LogP contribution in [0.4, 0.5) is 4.79 Å². The number of alkyl carbamates (subject to hydrolysis) is 1. The first kappa shape index (κ1) is 27.9. The Bertz CT molecular complexity index is 1030. The number of allylic oxidation sites excluding steroid dienone is 1. The highest BCUT2D eigenvalue weighted by Crippen LogP contribution is 2.36. The summed E-state index contributed by atoms with van der Waals surface area (Å²) in [7, 11) is -2.86. The van der Waals surface area contributed by atoms with Gasteiger partial charge in [-0.3, -0.25) is 4.79 Å². The molecule has 0 saturated carbocycles. The van der Waals surface area contributed by atoms with Gasteiger partial charge < -0.3 is 20.0 Å². The molecule has 0 heterocycles. The molecule has 0 fully saturated rings. The molecule has 7 nitrogen and oxygen atoms in total. The fourth-order valence-electron chi connectivity index (χ4n) is 3.89. The molecule has 0 aromatic heterocycles. The molecule has 2 rings (SSSR count). The number of nitrogens with zero attached hydrogens (tertiary/aromatic N) is 2. The Balaban J connectivity index is 2.49. The summed E-state index contributed by atoms with van der Waals surface area (Å²) >= 11 is 0. The standard InChI is InChI=1S/C27H35N3O4Si/c1-26(2,3)34-25(32)30-21(17-18-22(31)19-29-28)20-33-35(27(4,5)6,23-13-9-7-10-14-23)24-15-11-8-12-16-24/h7-19,21H,20H2,1-6H3,(H,30,32)/b18-17-. The van der Waals surface area contributed by atoms with E-state index in [-0.39, 0.29) is 11.6 Å². The molecule has 0 spiro atoms. The second-order valence-corrected chi connectivity index (χ2v) is 14.5. The number of hydrogen-bond donors (Lipinski definition) is 1. The van der Waals surface area contributed by atoms with Gasteiger partial charge in [-0.15, -0.1) is 0 Å². The highest BCUT2D eigenvalue weighted by atomic mass is 28.4. The zero-order valence-electron chi connectivity index (χ0n) is 21.3. The molecular formula is C27H35N3O4Si. The first-order chi connectivity index (χ1) is 16.4. The van der Waals surface area contributed by atoms with Crippen LogP contribution in [0.25, 0.3) is 5.53 Å². The molecule has 0 saturated heterocycles. The molecular weight excluding hydrogens is 458 g/mol. The van der Waals surface area contributed by atoms with Crippen molar-refractivity contribution in [2.45, 2.75) is 58.2 Å². The van der Waals surface area contributed by atoms with Crippen molar-refractivity contribution >= 4 is 36.8 Å². The highest BCUT2D eigenvalue weighted by Gasteiger charge is 2.50. The van der Waals surface area contributed by atoms with Crippen LogP contribution in [0.15, 0.2) is 72.8 Å². The number of benzene rings is 2. The predicted octanol–water partition coefficient (Wildman–Crippen LogP) is 3.88. The number of hydrogen-bond acceptors (Lipinski definition) is 4. The molecule has 1 N–H and O–H groups in total. The van der Waals surface area contributed by atoms with E-state index in [0.29, 0.717) is 0 Å². The van der Waals surface area contributed by atoms with Gasteiger partial charge in [-0.2, -0.15) is 4.79 Å². The fraction of sp³-hybridized carbons (Fsp3) is 0.370. The Morgan fingerprint density at radius 1 is 0.971 bits per heavy atom. The molecule has 0 aliphatic rings. The lowest BCUT2D eigenvalue weighted by molar-refractivity contribution is -0.111. The molecule has 35 heavy (non-hydrogen) atoms. The van der Waals surface area contributed by atoms with E-state index in [4.69, 9.17) is 14.7 Å². The number of nitrogens with one attached hydrogen (secondary N) is 1. The van der Waals surface area contributed by atoms with Crippen LogP contribution < -0.4 is 15.7 Å². The Labute approximate surface area is 208 Å². The number of carbonyl (C=O) groups is 2. The lowest BCUT2D eigenvalue weighted by atomic mass is 10.2. The number of carbonyl (C=O) groups excluding carboxylic acids is 2. The van der Waals surface area contributed by atoms with Gasteiger partial charge in [0.25, 0.3) is 14.1 Å². The summed E-state index contributed by atoms with van der Waals surface area (Å²) in [6, 6.07) is 19.6. The molecule has 1 atom stereocenters. The number of ketones is 1. The van der Waals surface area contributed by atoms with Gasteiger partial charge in [0.05, 0.1) is 12.6 Å². The van der Waals surface area contributed by atoms with Gasteiger partial charge in [-0.25, -0.2) is 4.79 Å². The topological polar surface area (TPSA) is 101 Å². The first-order valence-corrected chi connectivity index (χ1v) is 13.4. The van der Waals surface area contributed by atoms with E-state index < -0.39 is 31.8 Å². The van der Waals surface area contributed by atoms with Crippen LogP contribution >= 0.6 is 0 Å². The summed E-state index contributed by atoms with van der Waals surface area (Å²) in [6.45, 7) is 11.9. The molecule has 1 amide bonds. The van der Waals surface area contributed by atoms with Crippen molar-refractivity contribution in [1.29, 1.82) is 0 Å². The molecule has 2 aromatic rings. The predicted molar refractivity (Wildman–Crippen MR) is 141 cm³/mol. The smallest absolute Gasteiger partial charge is 0.408 e. The van der Waals surface area contributed by atoms with Crippen molar-refractivity contribution in [3.63, 3.8) is 0 Å². The lowest BCUT2D eigenvalue weighted by Crippen LogP contribution is -2.67.